The molecule has 0 aliphatic heterocycles. The van der Waals surface area contributed by atoms with E-state index in [9.17, 15) is 13.2 Å². The van der Waals surface area contributed by atoms with Gasteiger partial charge in [0, 0.05) is 5.69 Å². The zero-order valence-electron chi connectivity index (χ0n) is 10.6. The first kappa shape index (κ1) is 14.6. The average molecular weight is 271 g/mol. The Kier molecular flexibility index (Phi) is 4.44. The van der Waals surface area contributed by atoms with Gasteiger partial charge in [-0.2, -0.15) is 0 Å². The topological polar surface area (TPSA) is 92.5 Å². The fourth-order valence-electron chi connectivity index (χ4n) is 1.47. The molecule has 0 spiro atoms. The smallest absolute Gasteiger partial charge is 0.238 e. The highest BCUT2D eigenvalue weighted by Crippen LogP contribution is 2.18. The summed E-state index contributed by atoms with van der Waals surface area (Å²) in [6, 6.07) is 4.60. The van der Waals surface area contributed by atoms with Crippen molar-refractivity contribution in [2.75, 3.05) is 26.0 Å². The Morgan fingerprint density at radius 2 is 2.00 bits per heavy atom. The van der Waals surface area contributed by atoms with Crippen LogP contribution < -0.4 is 10.5 Å². The zero-order valence-corrected chi connectivity index (χ0v) is 11.4. The van der Waals surface area contributed by atoms with Gasteiger partial charge in [0.2, 0.25) is 15.9 Å². The maximum Gasteiger partial charge on any atom is 0.238 e. The lowest BCUT2D eigenvalue weighted by atomic mass is 10.2. The lowest BCUT2D eigenvalue weighted by Gasteiger charge is -2.11. The highest BCUT2D eigenvalue weighted by Gasteiger charge is 2.13. The summed E-state index contributed by atoms with van der Waals surface area (Å²) in [5.74, 6) is -0.218. The molecule has 18 heavy (non-hydrogen) atoms. The summed E-state index contributed by atoms with van der Waals surface area (Å²) in [5, 5.41) is 7.70. The number of aryl methyl sites for hydroxylation is 1. The molecule has 0 saturated carbocycles. The Balaban J connectivity index is 2.96. The number of sulfonamides is 1. The largest absolute Gasteiger partial charge is 0.325 e. The van der Waals surface area contributed by atoms with E-state index in [1.54, 1.807) is 38.1 Å². The summed E-state index contributed by atoms with van der Waals surface area (Å²) in [4.78, 5) is 13.3. The van der Waals surface area contributed by atoms with Crippen molar-refractivity contribution in [1.82, 2.24) is 4.90 Å². The number of hydrogen-bond donors (Lipinski definition) is 2. The molecule has 1 aromatic rings. The number of benzene rings is 1. The second-order valence-electron chi connectivity index (χ2n) is 4.31. The average Bonchev–Trinajstić information content (AvgIpc) is 2.17. The van der Waals surface area contributed by atoms with Gasteiger partial charge < -0.3 is 10.2 Å². The van der Waals surface area contributed by atoms with Gasteiger partial charge >= 0.3 is 0 Å². The third-order valence-electron chi connectivity index (χ3n) is 2.24. The van der Waals surface area contributed by atoms with E-state index in [0.717, 1.165) is 0 Å². The molecular formula is C11H17N3O3S. The van der Waals surface area contributed by atoms with E-state index < -0.39 is 10.0 Å². The van der Waals surface area contributed by atoms with Crippen LogP contribution in [0.5, 0.6) is 0 Å². The lowest BCUT2D eigenvalue weighted by molar-refractivity contribution is -0.116. The number of carbonyl (C=O) groups excluding carboxylic acids is 1. The number of nitrogens with two attached hydrogens (primary N) is 1. The van der Waals surface area contributed by atoms with E-state index in [4.69, 9.17) is 5.14 Å². The van der Waals surface area contributed by atoms with Gasteiger partial charge in [0.1, 0.15) is 0 Å². The molecule has 100 valence electrons. The molecule has 1 aromatic carbocycles. The van der Waals surface area contributed by atoms with Crippen LogP contribution in [0.25, 0.3) is 0 Å². The SMILES string of the molecule is Cc1ccc(NC(=O)CN(C)C)cc1S(N)(=O)=O. The van der Waals surface area contributed by atoms with Gasteiger partial charge in [0.25, 0.3) is 0 Å². The summed E-state index contributed by atoms with van der Waals surface area (Å²) in [6.07, 6.45) is 0. The van der Waals surface area contributed by atoms with Crippen LogP contribution in [0.2, 0.25) is 0 Å². The predicted molar refractivity (Wildman–Crippen MR) is 69.7 cm³/mol. The van der Waals surface area contributed by atoms with Gasteiger partial charge in [-0.25, -0.2) is 13.6 Å². The Morgan fingerprint density at radius 3 is 2.50 bits per heavy atom. The first-order valence-corrected chi connectivity index (χ1v) is 6.83. The maximum absolute atomic E-state index is 11.5. The molecule has 6 nitrogen and oxygen atoms in total. The van der Waals surface area contributed by atoms with Crippen LogP contribution in [0.1, 0.15) is 5.56 Å². The number of hydrogen-bond acceptors (Lipinski definition) is 4. The highest BCUT2D eigenvalue weighted by atomic mass is 32.2. The molecule has 7 heteroatoms. The molecule has 0 bridgehead atoms. The van der Waals surface area contributed by atoms with Crippen molar-refractivity contribution in [1.29, 1.82) is 0 Å². The van der Waals surface area contributed by atoms with E-state index in [0.29, 0.717) is 11.3 Å². The van der Waals surface area contributed by atoms with Crippen LogP contribution in [0.15, 0.2) is 23.1 Å². The Labute approximate surface area is 107 Å². The van der Waals surface area contributed by atoms with E-state index in [1.807, 2.05) is 0 Å². The molecule has 0 aromatic heterocycles. The molecule has 0 atom stereocenters. The van der Waals surface area contributed by atoms with Gasteiger partial charge in [-0.1, -0.05) is 6.07 Å². The van der Waals surface area contributed by atoms with Gasteiger partial charge in [0.15, 0.2) is 0 Å². The monoisotopic (exact) mass is 271 g/mol. The number of likely N-dealkylation sites (N-methyl/N-ethyl adjacent to an activating group) is 1. The lowest BCUT2D eigenvalue weighted by Crippen LogP contribution is -2.27. The second kappa shape index (κ2) is 5.47. The van der Waals surface area contributed by atoms with Gasteiger partial charge in [-0.05, 0) is 38.7 Å². The van der Waals surface area contributed by atoms with Crippen molar-refractivity contribution in [2.45, 2.75) is 11.8 Å². The second-order valence-corrected chi connectivity index (χ2v) is 5.84. The first-order chi connectivity index (χ1) is 8.20. The summed E-state index contributed by atoms with van der Waals surface area (Å²) in [5.41, 5.74) is 0.958. The van der Waals surface area contributed by atoms with Crippen LogP contribution in [0, 0.1) is 6.92 Å². The molecule has 3 N–H and O–H groups in total. The minimum absolute atomic E-state index is 0.0187. The fourth-order valence-corrected chi connectivity index (χ4v) is 2.28. The predicted octanol–water partition coefficient (Wildman–Crippen LogP) is 0.143. The highest BCUT2D eigenvalue weighted by molar-refractivity contribution is 7.89. The van der Waals surface area contributed by atoms with Crippen molar-refractivity contribution in [2.24, 2.45) is 5.14 Å². The first-order valence-electron chi connectivity index (χ1n) is 5.28. The fraction of sp³-hybridized carbons (Fsp3) is 0.364. The summed E-state index contributed by atoms with van der Waals surface area (Å²) >= 11 is 0. The maximum atomic E-state index is 11.5. The molecule has 0 fully saturated rings. The van der Waals surface area contributed by atoms with Crippen molar-refractivity contribution < 1.29 is 13.2 Å². The number of nitrogens with zero attached hydrogens (tertiary/aromatic N) is 1. The van der Waals surface area contributed by atoms with Crippen LogP contribution in [-0.2, 0) is 14.8 Å². The third kappa shape index (κ3) is 4.10. The van der Waals surface area contributed by atoms with Gasteiger partial charge in [-0.15, -0.1) is 0 Å². The molecule has 0 aliphatic rings. The summed E-state index contributed by atoms with van der Waals surface area (Å²) < 4.78 is 22.7. The standard InChI is InChI=1S/C11H17N3O3S/c1-8-4-5-9(6-10(8)18(12,16)17)13-11(15)7-14(2)3/h4-6H,7H2,1-3H3,(H,13,15)(H2,12,16,17). The Hall–Kier alpha value is -1.44. The number of carbonyl (C=O) groups is 1. The number of amides is 1. The van der Waals surface area contributed by atoms with E-state index in [-0.39, 0.29) is 17.3 Å². The van der Waals surface area contributed by atoms with Crippen LogP contribution in [-0.4, -0.2) is 39.9 Å². The molecule has 0 unspecified atom stereocenters. The molecule has 0 heterocycles. The zero-order chi connectivity index (χ0) is 13.9. The molecule has 0 aliphatic carbocycles. The Bertz CT molecular complexity index is 553. The molecule has 1 amide bonds. The molecule has 1 rings (SSSR count). The van der Waals surface area contributed by atoms with Gasteiger partial charge in [-0.3, -0.25) is 4.79 Å². The third-order valence-corrected chi connectivity index (χ3v) is 3.29. The van der Waals surface area contributed by atoms with Gasteiger partial charge in [0.05, 0.1) is 11.4 Å². The number of anilines is 1. The minimum atomic E-state index is -3.78. The number of rotatable bonds is 4. The van der Waals surface area contributed by atoms with E-state index in [2.05, 4.69) is 5.32 Å². The van der Waals surface area contributed by atoms with E-state index in [1.165, 1.54) is 6.07 Å². The van der Waals surface area contributed by atoms with Crippen LogP contribution >= 0.6 is 0 Å². The van der Waals surface area contributed by atoms with Crippen molar-refractivity contribution >= 4 is 21.6 Å². The minimum Gasteiger partial charge on any atom is -0.325 e. The molecule has 0 saturated heterocycles. The number of nitrogens with one attached hydrogen (secondary N) is 1. The molecule has 0 radical (unpaired) electrons. The van der Waals surface area contributed by atoms with Crippen molar-refractivity contribution in [3.8, 4) is 0 Å². The Morgan fingerprint density at radius 1 is 1.39 bits per heavy atom. The quantitative estimate of drug-likeness (QED) is 0.815. The van der Waals surface area contributed by atoms with E-state index >= 15 is 0 Å². The normalized spacial score (nSPS) is 11.6. The van der Waals surface area contributed by atoms with Crippen molar-refractivity contribution in [3.05, 3.63) is 23.8 Å². The summed E-state index contributed by atoms with van der Waals surface area (Å²) in [7, 11) is -0.240. The molecular weight excluding hydrogens is 254 g/mol. The van der Waals surface area contributed by atoms with Crippen LogP contribution in [0.3, 0.4) is 0 Å². The van der Waals surface area contributed by atoms with Crippen molar-refractivity contribution in [3.63, 3.8) is 0 Å². The number of primary sulfonamides is 1. The van der Waals surface area contributed by atoms with Crippen LogP contribution in [0.4, 0.5) is 5.69 Å². The summed E-state index contributed by atoms with van der Waals surface area (Å²) in [6.45, 7) is 1.86.